The molecule has 0 saturated carbocycles. The van der Waals surface area contributed by atoms with E-state index in [1.807, 2.05) is 0 Å². The van der Waals surface area contributed by atoms with E-state index in [-0.39, 0.29) is 21.2 Å². The van der Waals surface area contributed by atoms with Crippen LogP contribution in [0.5, 0.6) is 0 Å². The molecule has 0 unspecified atom stereocenters. The fourth-order valence-corrected chi connectivity index (χ4v) is 3.16. The third-order valence-corrected chi connectivity index (χ3v) is 4.72. The van der Waals surface area contributed by atoms with Gasteiger partial charge in [-0.05, 0) is 42.5 Å². The molecule has 2 aromatic carbocycles. The predicted molar refractivity (Wildman–Crippen MR) is 87.0 cm³/mol. The molecule has 0 aliphatic rings. The van der Waals surface area contributed by atoms with Crippen LogP contribution < -0.4 is 10.0 Å². The maximum atomic E-state index is 13.1. The van der Waals surface area contributed by atoms with Crippen molar-refractivity contribution in [2.24, 2.45) is 0 Å². The van der Waals surface area contributed by atoms with Crippen LogP contribution in [0.4, 0.5) is 23.2 Å². The lowest BCUT2D eigenvalue weighted by Crippen LogP contribution is -2.33. The summed E-state index contributed by atoms with van der Waals surface area (Å²) in [5.41, 5.74) is -0.0279. The van der Waals surface area contributed by atoms with Gasteiger partial charge in [-0.1, -0.05) is 11.6 Å². The Balaban J connectivity index is 2.10. The zero-order valence-corrected chi connectivity index (χ0v) is 14.3. The van der Waals surface area contributed by atoms with Gasteiger partial charge in [-0.25, -0.2) is 12.8 Å². The number of carbonyl (C=O) groups is 1. The summed E-state index contributed by atoms with van der Waals surface area (Å²) in [6, 6.07) is 7.55. The van der Waals surface area contributed by atoms with Gasteiger partial charge in [0.2, 0.25) is 0 Å². The third kappa shape index (κ3) is 5.33. The number of amides is 1. The van der Waals surface area contributed by atoms with E-state index in [1.54, 1.807) is 5.32 Å². The fraction of sp³-hybridized carbons (Fsp3) is 0.133. The van der Waals surface area contributed by atoms with Crippen LogP contribution in [0.25, 0.3) is 0 Å². The average Bonchev–Trinajstić information content (AvgIpc) is 2.54. The number of halogens is 5. The van der Waals surface area contributed by atoms with E-state index in [9.17, 15) is 30.8 Å². The second-order valence-corrected chi connectivity index (χ2v) is 7.15. The number of sulfonamides is 1. The largest absolute Gasteiger partial charge is 0.405 e. The Bertz CT molecular complexity index is 915. The Morgan fingerprint density at radius 1 is 1.08 bits per heavy atom. The topological polar surface area (TPSA) is 75.3 Å². The van der Waals surface area contributed by atoms with E-state index in [2.05, 4.69) is 4.72 Å². The molecule has 0 bridgehead atoms. The summed E-state index contributed by atoms with van der Waals surface area (Å²) in [6.45, 7) is -1.48. The first kappa shape index (κ1) is 20.0. The first-order valence-electron chi connectivity index (χ1n) is 6.91. The molecule has 5 nitrogen and oxygen atoms in total. The first-order chi connectivity index (χ1) is 12.0. The second kappa shape index (κ2) is 7.50. The van der Waals surface area contributed by atoms with E-state index in [1.165, 1.54) is 12.1 Å². The highest BCUT2D eigenvalue weighted by atomic mass is 35.5. The molecule has 26 heavy (non-hydrogen) atoms. The van der Waals surface area contributed by atoms with Gasteiger partial charge in [0.05, 0.1) is 9.92 Å². The summed E-state index contributed by atoms with van der Waals surface area (Å²) in [4.78, 5) is 11.3. The molecule has 0 heterocycles. The molecular weight excluding hydrogens is 400 g/mol. The molecule has 0 fully saturated rings. The van der Waals surface area contributed by atoms with Crippen molar-refractivity contribution in [3.05, 3.63) is 58.9 Å². The van der Waals surface area contributed by atoms with E-state index in [0.717, 1.165) is 30.3 Å². The highest BCUT2D eigenvalue weighted by Crippen LogP contribution is 2.22. The van der Waals surface area contributed by atoms with E-state index >= 15 is 0 Å². The van der Waals surface area contributed by atoms with Crippen molar-refractivity contribution >= 4 is 33.2 Å². The van der Waals surface area contributed by atoms with Crippen LogP contribution in [0, 0.1) is 5.82 Å². The van der Waals surface area contributed by atoms with Crippen LogP contribution in [0.3, 0.4) is 0 Å². The Morgan fingerprint density at radius 2 is 1.69 bits per heavy atom. The standard InChI is InChI=1S/C15H11ClF4N2O3S/c16-12-7-11(5-6-13(12)17)26(24,25)22-10-3-1-9(2-4-10)14(23)21-8-15(18,19)20/h1-7,22H,8H2,(H,21,23). The predicted octanol–water partition coefficient (Wildman–Crippen LogP) is 3.57. The highest BCUT2D eigenvalue weighted by molar-refractivity contribution is 7.92. The van der Waals surface area contributed by atoms with E-state index in [0.29, 0.717) is 0 Å². The molecule has 140 valence electrons. The minimum atomic E-state index is -4.54. The van der Waals surface area contributed by atoms with Crippen LogP contribution in [-0.4, -0.2) is 27.0 Å². The Morgan fingerprint density at radius 3 is 2.23 bits per heavy atom. The molecule has 2 aromatic rings. The van der Waals surface area contributed by atoms with Gasteiger partial charge >= 0.3 is 6.18 Å². The average molecular weight is 411 g/mol. The molecule has 0 aliphatic carbocycles. The number of hydrogen-bond donors (Lipinski definition) is 2. The van der Waals surface area contributed by atoms with Gasteiger partial charge in [0.1, 0.15) is 12.4 Å². The molecule has 11 heteroatoms. The summed E-state index contributed by atoms with van der Waals surface area (Å²) in [6.07, 6.45) is -4.54. The van der Waals surface area contributed by atoms with Crippen molar-refractivity contribution in [1.82, 2.24) is 5.32 Å². The van der Waals surface area contributed by atoms with Gasteiger partial charge in [-0.15, -0.1) is 0 Å². The third-order valence-electron chi connectivity index (χ3n) is 3.05. The Labute approximate surface area is 151 Å². The van der Waals surface area contributed by atoms with Gasteiger partial charge in [-0.3, -0.25) is 9.52 Å². The number of alkyl halides is 3. The summed E-state index contributed by atoms with van der Waals surface area (Å²) in [5, 5.41) is 1.32. The maximum absolute atomic E-state index is 13.1. The van der Waals surface area contributed by atoms with Crippen LogP contribution in [0.1, 0.15) is 10.4 Å². The number of anilines is 1. The van der Waals surface area contributed by atoms with Crippen LogP contribution in [0.15, 0.2) is 47.4 Å². The van der Waals surface area contributed by atoms with E-state index in [4.69, 9.17) is 11.6 Å². The van der Waals surface area contributed by atoms with Crippen molar-refractivity contribution in [2.75, 3.05) is 11.3 Å². The summed E-state index contributed by atoms with van der Waals surface area (Å²) < 4.78 is 75.9. The first-order valence-corrected chi connectivity index (χ1v) is 8.77. The zero-order valence-electron chi connectivity index (χ0n) is 12.8. The van der Waals surface area contributed by atoms with Crippen molar-refractivity contribution in [3.8, 4) is 0 Å². The van der Waals surface area contributed by atoms with Crippen molar-refractivity contribution < 1.29 is 30.8 Å². The van der Waals surface area contributed by atoms with Crippen molar-refractivity contribution in [1.29, 1.82) is 0 Å². The van der Waals surface area contributed by atoms with Gasteiger partial charge in [0.25, 0.3) is 15.9 Å². The van der Waals surface area contributed by atoms with Crippen molar-refractivity contribution in [2.45, 2.75) is 11.1 Å². The number of benzene rings is 2. The van der Waals surface area contributed by atoms with Gasteiger partial charge in [0, 0.05) is 11.3 Å². The monoisotopic (exact) mass is 410 g/mol. The van der Waals surface area contributed by atoms with Crippen LogP contribution in [-0.2, 0) is 10.0 Å². The quantitative estimate of drug-likeness (QED) is 0.740. The molecule has 0 saturated heterocycles. The van der Waals surface area contributed by atoms with Crippen molar-refractivity contribution in [3.63, 3.8) is 0 Å². The molecule has 0 aromatic heterocycles. The van der Waals surface area contributed by atoms with Gasteiger partial charge < -0.3 is 5.32 Å². The molecule has 0 radical (unpaired) electrons. The Kier molecular flexibility index (Phi) is 5.77. The number of nitrogens with one attached hydrogen (secondary N) is 2. The fourth-order valence-electron chi connectivity index (χ4n) is 1.83. The Hall–Kier alpha value is -2.33. The number of rotatable bonds is 5. The summed E-state index contributed by atoms with van der Waals surface area (Å²) in [5.74, 6) is -1.73. The smallest absolute Gasteiger partial charge is 0.343 e. The minimum absolute atomic E-state index is 0.0535. The molecule has 2 rings (SSSR count). The molecule has 2 N–H and O–H groups in total. The lowest BCUT2D eigenvalue weighted by atomic mass is 10.2. The van der Waals surface area contributed by atoms with Crippen LogP contribution in [0.2, 0.25) is 5.02 Å². The van der Waals surface area contributed by atoms with Gasteiger partial charge in [-0.2, -0.15) is 13.2 Å². The SMILES string of the molecule is O=C(NCC(F)(F)F)c1ccc(NS(=O)(=O)c2ccc(F)c(Cl)c2)cc1. The second-order valence-electron chi connectivity index (χ2n) is 5.06. The number of carbonyl (C=O) groups excluding carboxylic acids is 1. The highest BCUT2D eigenvalue weighted by Gasteiger charge is 2.27. The minimum Gasteiger partial charge on any atom is -0.343 e. The zero-order chi connectivity index (χ0) is 19.5. The van der Waals surface area contributed by atoms with Crippen LogP contribution >= 0.6 is 11.6 Å². The normalized spacial score (nSPS) is 11.9. The molecular formula is C15H11ClF4N2O3S. The summed E-state index contributed by atoms with van der Waals surface area (Å²) >= 11 is 5.55. The molecule has 0 atom stereocenters. The maximum Gasteiger partial charge on any atom is 0.405 e. The lowest BCUT2D eigenvalue weighted by molar-refractivity contribution is -0.123. The number of hydrogen-bond acceptors (Lipinski definition) is 3. The summed E-state index contributed by atoms with van der Waals surface area (Å²) in [7, 11) is -4.07. The molecule has 0 spiro atoms. The molecule has 0 aliphatic heterocycles. The van der Waals surface area contributed by atoms with E-state index < -0.39 is 34.5 Å². The molecule has 1 amide bonds. The van der Waals surface area contributed by atoms with Gasteiger partial charge in [0.15, 0.2) is 0 Å². The lowest BCUT2D eigenvalue weighted by Gasteiger charge is -2.10.